The number of aromatic nitrogens is 4. The van der Waals surface area contributed by atoms with Crippen molar-refractivity contribution in [1.82, 2.24) is 24.8 Å². The van der Waals surface area contributed by atoms with Crippen LogP contribution in [-0.2, 0) is 11.8 Å². The Morgan fingerprint density at radius 3 is 2.66 bits per heavy atom. The predicted molar refractivity (Wildman–Crippen MR) is 118 cm³/mol. The summed E-state index contributed by atoms with van der Waals surface area (Å²) in [5, 5.41) is 3.11. The lowest BCUT2D eigenvalue weighted by Gasteiger charge is -2.35. The Bertz CT molecular complexity index is 1070. The van der Waals surface area contributed by atoms with Crippen LogP contribution in [-0.4, -0.2) is 50.8 Å². The highest BCUT2D eigenvalue weighted by molar-refractivity contribution is 5.93. The second-order valence-electron chi connectivity index (χ2n) is 8.47. The van der Waals surface area contributed by atoms with E-state index in [1.165, 1.54) is 0 Å². The molecule has 1 saturated carbocycles. The van der Waals surface area contributed by atoms with Gasteiger partial charge in [-0.15, -0.1) is 0 Å². The summed E-state index contributed by atoms with van der Waals surface area (Å²) in [6, 6.07) is 11.7. The second kappa shape index (κ2) is 9.08. The van der Waals surface area contributed by atoms with Gasteiger partial charge in [0.2, 0.25) is 0 Å². The highest BCUT2D eigenvalue weighted by atomic mass is 16.5. The molecule has 8 nitrogen and oxygen atoms in total. The monoisotopic (exact) mass is 433 g/mol. The first-order chi connectivity index (χ1) is 15.7. The zero-order valence-electron chi connectivity index (χ0n) is 18.1. The number of imidazole rings is 1. The molecule has 0 spiro atoms. The van der Waals surface area contributed by atoms with Gasteiger partial charge in [-0.25, -0.2) is 15.0 Å². The van der Waals surface area contributed by atoms with Crippen molar-refractivity contribution in [3.63, 3.8) is 0 Å². The molecule has 2 aliphatic rings. The van der Waals surface area contributed by atoms with Gasteiger partial charge in [0.05, 0.1) is 12.5 Å². The molecule has 166 valence electrons. The van der Waals surface area contributed by atoms with Crippen LogP contribution in [0.1, 0.15) is 47.8 Å². The number of aryl methyl sites for hydroxylation is 1. The molecule has 1 saturated heterocycles. The van der Waals surface area contributed by atoms with Crippen LogP contribution in [0.3, 0.4) is 0 Å². The molecule has 2 aromatic heterocycles. The van der Waals surface area contributed by atoms with E-state index in [2.05, 4.69) is 15.3 Å². The van der Waals surface area contributed by atoms with E-state index < -0.39 is 0 Å². The first kappa shape index (κ1) is 20.6. The summed E-state index contributed by atoms with van der Waals surface area (Å²) >= 11 is 0. The van der Waals surface area contributed by atoms with Gasteiger partial charge in [-0.2, -0.15) is 0 Å². The molecule has 0 unspecified atom stereocenters. The highest BCUT2D eigenvalue weighted by Crippen LogP contribution is 2.29. The molecular formula is C24H27N5O3. The third-order valence-corrected chi connectivity index (χ3v) is 6.14. The fourth-order valence-electron chi connectivity index (χ4n) is 4.20. The number of carbonyl (C=O) groups is 1. The average Bonchev–Trinajstić information content (AvgIpc) is 3.24. The fourth-order valence-corrected chi connectivity index (χ4v) is 4.20. The van der Waals surface area contributed by atoms with Crippen molar-refractivity contribution >= 4 is 5.91 Å². The standard InChI is InChI=1S/C24H27N5O3/c1-29-15-25-14-22(29)23-27-20(16-7-9-31-10-8-16)13-21(28-23)24(30)26-17-11-19(12-17)32-18-5-3-2-4-6-18/h2-6,13-17,19H,7-12H2,1H3,(H,26,30). The quantitative estimate of drug-likeness (QED) is 0.642. The fraction of sp³-hybridized carbons (Fsp3) is 0.417. The maximum absolute atomic E-state index is 13.1. The van der Waals surface area contributed by atoms with Crippen molar-refractivity contribution in [2.45, 2.75) is 43.7 Å². The summed E-state index contributed by atoms with van der Waals surface area (Å²) in [6.45, 7) is 1.42. The van der Waals surface area contributed by atoms with Crippen molar-refractivity contribution < 1.29 is 14.3 Å². The molecule has 1 N–H and O–H groups in total. The van der Waals surface area contributed by atoms with E-state index in [0.29, 0.717) is 24.7 Å². The molecule has 1 amide bonds. The van der Waals surface area contributed by atoms with Crippen LogP contribution in [0.25, 0.3) is 11.5 Å². The number of nitrogens with one attached hydrogen (secondary N) is 1. The predicted octanol–water partition coefficient (Wildman–Crippen LogP) is 3.11. The molecule has 1 aliphatic carbocycles. The first-order valence-corrected chi connectivity index (χ1v) is 11.1. The highest BCUT2D eigenvalue weighted by Gasteiger charge is 2.33. The number of nitrogens with zero attached hydrogens (tertiary/aromatic N) is 4. The molecule has 8 heteroatoms. The molecule has 0 atom stereocenters. The lowest BCUT2D eigenvalue weighted by atomic mass is 9.89. The molecule has 0 bridgehead atoms. The molecule has 3 heterocycles. The van der Waals surface area contributed by atoms with Crippen molar-refractivity contribution in [2.75, 3.05) is 13.2 Å². The number of amides is 1. The number of hydrogen-bond acceptors (Lipinski definition) is 6. The minimum atomic E-state index is -0.174. The third-order valence-electron chi connectivity index (χ3n) is 6.14. The largest absolute Gasteiger partial charge is 0.490 e. The third kappa shape index (κ3) is 4.50. The van der Waals surface area contributed by atoms with Gasteiger partial charge >= 0.3 is 0 Å². The van der Waals surface area contributed by atoms with Gasteiger partial charge in [0, 0.05) is 50.8 Å². The van der Waals surface area contributed by atoms with E-state index in [1.54, 1.807) is 12.5 Å². The molecule has 5 rings (SSSR count). The van der Waals surface area contributed by atoms with Gasteiger partial charge in [-0.3, -0.25) is 4.79 Å². The van der Waals surface area contributed by atoms with Gasteiger partial charge in [-0.1, -0.05) is 18.2 Å². The van der Waals surface area contributed by atoms with Crippen LogP contribution in [0.15, 0.2) is 48.9 Å². The molecule has 3 aromatic rings. The van der Waals surface area contributed by atoms with Gasteiger partial charge in [0.1, 0.15) is 23.2 Å². The lowest BCUT2D eigenvalue weighted by Crippen LogP contribution is -2.49. The SMILES string of the molecule is Cn1cncc1-c1nc(C(=O)NC2CC(Oc3ccccc3)C2)cc(C2CCOCC2)n1. The minimum Gasteiger partial charge on any atom is -0.490 e. The number of carbonyl (C=O) groups excluding carboxylic acids is 1. The zero-order chi connectivity index (χ0) is 21.9. The van der Waals surface area contributed by atoms with Crippen molar-refractivity contribution in [3.05, 3.63) is 60.3 Å². The summed E-state index contributed by atoms with van der Waals surface area (Å²) in [5.74, 6) is 1.47. The van der Waals surface area contributed by atoms with Crippen LogP contribution in [0.4, 0.5) is 0 Å². The summed E-state index contributed by atoms with van der Waals surface area (Å²) in [7, 11) is 1.90. The number of ether oxygens (including phenoxy) is 2. The van der Waals surface area contributed by atoms with Gasteiger partial charge in [0.25, 0.3) is 5.91 Å². The van der Waals surface area contributed by atoms with E-state index in [1.807, 2.05) is 48.0 Å². The van der Waals surface area contributed by atoms with Gasteiger partial charge in [-0.05, 0) is 31.0 Å². The van der Waals surface area contributed by atoms with E-state index >= 15 is 0 Å². The Labute approximate surface area is 187 Å². The van der Waals surface area contributed by atoms with Crippen molar-refractivity contribution in [3.8, 4) is 17.3 Å². The summed E-state index contributed by atoms with van der Waals surface area (Å²) in [4.78, 5) is 26.6. The summed E-state index contributed by atoms with van der Waals surface area (Å²) in [5.41, 5.74) is 2.07. The zero-order valence-corrected chi connectivity index (χ0v) is 18.1. The van der Waals surface area contributed by atoms with Gasteiger partial charge < -0.3 is 19.4 Å². The van der Waals surface area contributed by atoms with Crippen molar-refractivity contribution in [1.29, 1.82) is 0 Å². The summed E-state index contributed by atoms with van der Waals surface area (Å²) in [6.07, 6.45) is 6.91. The van der Waals surface area contributed by atoms with Crippen molar-refractivity contribution in [2.24, 2.45) is 7.05 Å². The van der Waals surface area contributed by atoms with Crippen LogP contribution in [0.2, 0.25) is 0 Å². The number of rotatable bonds is 6. The summed E-state index contributed by atoms with van der Waals surface area (Å²) < 4.78 is 13.3. The Kier molecular flexibility index (Phi) is 5.85. The van der Waals surface area contributed by atoms with Crippen LogP contribution in [0.5, 0.6) is 5.75 Å². The lowest BCUT2D eigenvalue weighted by molar-refractivity contribution is 0.0697. The van der Waals surface area contributed by atoms with E-state index in [9.17, 15) is 4.79 Å². The molecule has 1 aliphatic heterocycles. The first-order valence-electron chi connectivity index (χ1n) is 11.1. The smallest absolute Gasteiger partial charge is 0.270 e. The molecule has 1 aromatic carbocycles. The molecule has 2 fully saturated rings. The number of benzene rings is 1. The van der Waals surface area contributed by atoms with Gasteiger partial charge in [0.15, 0.2) is 5.82 Å². The Morgan fingerprint density at radius 2 is 1.94 bits per heavy atom. The topological polar surface area (TPSA) is 91.2 Å². The molecule has 0 radical (unpaired) electrons. The van der Waals surface area contributed by atoms with E-state index in [4.69, 9.17) is 14.5 Å². The number of para-hydroxylation sites is 1. The average molecular weight is 434 g/mol. The molecular weight excluding hydrogens is 406 g/mol. The Hall–Kier alpha value is -3.26. The van der Waals surface area contributed by atoms with Crippen LogP contribution in [0, 0.1) is 0 Å². The second-order valence-corrected chi connectivity index (χ2v) is 8.47. The Morgan fingerprint density at radius 1 is 1.16 bits per heavy atom. The minimum absolute atomic E-state index is 0.0814. The Balaban J connectivity index is 1.30. The van der Waals surface area contributed by atoms with Crippen LogP contribution < -0.4 is 10.1 Å². The maximum Gasteiger partial charge on any atom is 0.270 e. The van der Waals surface area contributed by atoms with Crippen LogP contribution >= 0.6 is 0 Å². The maximum atomic E-state index is 13.1. The van der Waals surface area contributed by atoms with E-state index in [0.717, 1.165) is 42.8 Å². The number of hydrogen-bond donors (Lipinski definition) is 1. The van der Waals surface area contributed by atoms with E-state index in [-0.39, 0.29) is 24.0 Å². The normalized spacial score (nSPS) is 21.0. The molecule has 32 heavy (non-hydrogen) atoms.